The lowest BCUT2D eigenvalue weighted by Crippen LogP contribution is -2.52. The third-order valence-electron chi connectivity index (χ3n) is 5.73. The summed E-state index contributed by atoms with van der Waals surface area (Å²) >= 11 is 12.6. The molecule has 35 heavy (non-hydrogen) atoms. The van der Waals surface area contributed by atoms with Gasteiger partial charge in [-0.3, -0.25) is 9.36 Å². The summed E-state index contributed by atoms with van der Waals surface area (Å²) in [5.74, 6) is -0.839. The summed E-state index contributed by atoms with van der Waals surface area (Å²) in [4.78, 5) is 27.9. The van der Waals surface area contributed by atoms with Crippen LogP contribution in [-0.2, 0) is 4.79 Å². The van der Waals surface area contributed by atoms with Crippen molar-refractivity contribution in [3.63, 3.8) is 0 Å². The van der Waals surface area contributed by atoms with Crippen LogP contribution >= 0.6 is 23.2 Å². The van der Waals surface area contributed by atoms with Crippen LogP contribution in [0, 0.1) is 0 Å². The number of hydrogen-bond acceptors (Lipinski definition) is 5. The molecule has 2 aromatic carbocycles. The third-order valence-corrected chi connectivity index (χ3v) is 6.32. The minimum Gasteiger partial charge on any atom is -0.351 e. The van der Waals surface area contributed by atoms with Gasteiger partial charge in [0.05, 0.1) is 5.02 Å². The number of piperazine rings is 1. The highest BCUT2D eigenvalue weighted by atomic mass is 35.5. The Kier molecular flexibility index (Phi) is 6.02. The number of anilines is 1. The van der Waals surface area contributed by atoms with E-state index in [1.807, 2.05) is 34.9 Å². The fourth-order valence-electron chi connectivity index (χ4n) is 4.07. The van der Waals surface area contributed by atoms with Crippen molar-refractivity contribution >= 4 is 46.1 Å². The SMILES string of the molecule is O=C(N1CCN(c2ncnc3c2nc(-c2ccccc2Cl)n3-c2ccc(Cl)cc2)CC1)C(F)(F)F. The predicted molar refractivity (Wildman–Crippen MR) is 127 cm³/mol. The maximum atomic E-state index is 12.8. The van der Waals surface area contributed by atoms with Gasteiger partial charge in [-0.1, -0.05) is 35.3 Å². The molecule has 1 aliphatic rings. The Bertz CT molecular complexity index is 1400. The number of carbonyl (C=O) groups is 1. The number of carbonyl (C=O) groups excluding carboxylic acids is 1. The summed E-state index contributed by atoms with van der Waals surface area (Å²) in [6, 6.07) is 14.4. The van der Waals surface area contributed by atoms with E-state index in [4.69, 9.17) is 28.2 Å². The Morgan fingerprint density at radius 2 is 1.60 bits per heavy atom. The third kappa shape index (κ3) is 4.39. The van der Waals surface area contributed by atoms with E-state index in [9.17, 15) is 18.0 Å². The summed E-state index contributed by atoms with van der Waals surface area (Å²) in [5, 5.41) is 1.06. The zero-order chi connectivity index (χ0) is 24.7. The van der Waals surface area contributed by atoms with Crippen molar-refractivity contribution in [2.75, 3.05) is 31.1 Å². The van der Waals surface area contributed by atoms with Gasteiger partial charge < -0.3 is 9.80 Å². The van der Waals surface area contributed by atoms with Crippen LogP contribution in [0.1, 0.15) is 0 Å². The van der Waals surface area contributed by atoms with Crippen molar-refractivity contribution in [3.05, 3.63) is 64.9 Å². The molecule has 0 bridgehead atoms. The predicted octanol–water partition coefficient (Wildman–Crippen LogP) is 5.00. The molecule has 1 aliphatic heterocycles. The Morgan fingerprint density at radius 1 is 0.914 bits per heavy atom. The summed E-state index contributed by atoms with van der Waals surface area (Å²) < 4.78 is 40.3. The van der Waals surface area contributed by atoms with E-state index in [2.05, 4.69) is 9.97 Å². The van der Waals surface area contributed by atoms with Crippen molar-refractivity contribution < 1.29 is 18.0 Å². The number of fused-ring (bicyclic) bond motifs is 1. The molecule has 1 saturated heterocycles. The first-order chi connectivity index (χ1) is 16.7. The van der Waals surface area contributed by atoms with E-state index in [1.165, 1.54) is 6.33 Å². The molecule has 180 valence electrons. The zero-order valence-electron chi connectivity index (χ0n) is 18.0. The number of hydrogen-bond donors (Lipinski definition) is 0. The van der Waals surface area contributed by atoms with E-state index in [0.717, 1.165) is 10.6 Å². The molecule has 0 spiro atoms. The van der Waals surface area contributed by atoms with E-state index >= 15 is 0 Å². The van der Waals surface area contributed by atoms with Gasteiger partial charge in [-0.2, -0.15) is 13.2 Å². The smallest absolute Gasteiger partial charge is 0.351 e. The lowest BCUT2D eigenvalue weighted by Gasteiger charge is -2.35. The van der Waals surface area contributed by atoms with Gasteiger partial charge >= 0.3 is 12.1 Å². The lowest BCUT2D eigenvalue weighted by molar-refractivity contribution is -0.185. The number of nitrogens with zero attached hydrogens (tertiary/aromatic N) is 6. The lowest BCUT2D eigenvalue weighted by atomic mass is 10.2. The number of alkyl halides is 3. The van der Waals surface area contributed by atoms with Crippen molar-refractivity contribution in [1.82, 2.24) is 24.4 Å². The number of rotatable bonds is 3. The highest BCUT2D eigenvalue weighted by Gasteiger charge is 2.43. The minimum atomic E-state index is -4.90. The van der Waals surface area contributed by atoms with E-state index in [0.29, 0.717) is 38.4 Å². The van der Waals surface area contributed by atoms with Gasteiger partial charge in [0.2, 0.25) is 0 Å². The molecule has 0 atom stereocenters. The van der Waals surface area contributed by atoms with Crippen LogP contribution in [0.25, 0.3) is 28.2 Å². The first-order valence-corrected chi connectivity index (χ1v) is 11.3. The normalized spacial score (nSPS) is 14.5. The van der Waals surface area contributed by atoms with Gasteiger partial charge in [-0.25, -0.2) is 15.0 Å². The first kappa shape index (κ1) is 23.4. The molecule has 1 amide bonds. The molecule has 3 heterocycles. The number of halogens is 5. The molecule has 1 fully saturated rings. The van der Waals surface area contributed by atoms with Gasteiger partial charge in [-0.05, 0) is 36.4 Å². The molecular formula is C23H17Cl2F3N6O. The number of imidazole rings is 1. The molecule has 2 aromatic heterocycles. The average molecular weight is 521 g/mol. The summed E-state index contributed by atoms with van der Waals surface area (Å²) in [7, 11) is 0. The summed E-state index contributed by atoms with van der Waals surface area (Å²) in [5.41, 5.74) is 2.39. The molecular weight excluding hydrogens is 504 g/mol. The molecule has 0 saturated carbocycles. The molecule has 4 aromatic rings. The van der Waals surface area contributed by atoms with E-state index in [-0.39, 0.29) is 26.2 Å². The molecule has 7 nitrogen and oxygen atoms in total. The second-order valence-electron chi connectivity index (χ2n) is 7.87. The number of amides is 1. The molecule has 0 radical (unpaired) electrons. The van der Waals surface area contributed by atoms with Crippen molar-refractivity contribution in [2.45, 2.75) is 6.18 Å². The topological polar surface area (TPSA) is 67.2 Å². The Morgan fingerprint density at radius 3 is 2.26 bits per heavy atom. The highest BCUT2D eigenvalue weighted by Crippen LogP contribution is 2.35. The number of benzene rings is 2. The molecule has 12 heteroatoms. The van der Waals surface area contributed by atoms with Gasteiger partial charge in [0.1, 0.15) is 12.2 Å². The van der Waals surface area contributed by atoms with Gasteiger partial charge in [0.15, 0.2) is 17.0 Å². The average Bonchev–Trinajstić information content (AvgIpc) is 3.23. The van der Waals surface area contributed by atoms with Gasteiger partial charge in [0, 0.05) is 42.5 Å². The second kappa shape index (κ2) is 9.01. The fraction of sp³-hybridized carbons (Fsp3) is 0.217. The molecule has 0 N–H and O–H groups in total. The Balaban J connectivity index is 1.59. The van der Waals surface area contributed by atoms with Crippen LogP contribution in [0.3, 0.4) is 0 Å². The second-order valence-corrected chi connectivity index (χ2v) is 8.72. The summed E-state index contributed by atoms with van der Waals surface area (Å²) in [6.07, 6.45) is -3.51. The van der Waals surface area contributed by atoms with Gasteiger partial charge in [-0.15, -0.1) is 0 Å². The zero-order valence-corrected chi connectivity index (χ0v) is 19.5. The van der Waals surface area contributed by atoms with Crippen LogP contribution in [0.2, 0.25) is 10.0 Å². The molecule has 0 aliphatic carbocycles. The monoisotopic (exact) mass is 520 g/mol. The van der Waals surface area contributed by atoms with E-state index < -0.39 is 12.1 Å². The molecule has 0 unspecified atom stereocenters. The number of aromatic nitrogens is 4. The molecule has 5 rings (SSSR count). The maximum Gasteiger partial charge on any atom is 0.471 e. The summed E-state index contributed by atoms with van der Waals surface area (Å²) in [6.45, 7) is 0.171. The van der Waals surface area contributed by atoms with Crippen LogP contribution in [0.5, 0.6) is 0 Å². The van der Waals surface area contributed by atoms with Crippen LogP contribution in [0.4, 0.5) is 19.0 Å². The largest absolute Gasteiger partial charge is 0.471 e. The van der Waals surface area contributed by atoms with Crippen LogP contribution in [0.15, 0.2) is 54.9 Å². The van der Waals surface area contributed by atoms with Crippen molar-refractivity contribution in [1.29, 1.82) is 0 Å². The minimum absolute atomic E-state index is 0.0842. The quantitative estimate of drug-likeness (QED) is 0.380. The Hall–Kier alpha value is -3.37. The van der Waals surface area contributed by atoms with Crippen LogP contribution in [-0.4, -0.2) is 62.7 Å². The fourth-order valence-corrected chi connectivity index (χ4v) is 4.42. The van der Waals surface area contributed by atoms with Crippen molar-refractivity contribution in [3.8, 4) is 17.1 Å². The maximum absolute atomic E-state index is 12.8. The van der Waals surface area contributed by atoms with Crippen LogP contribution < -0.4 is 4.90 Å². The first-order valence-electron chi connectivity index (χ1n) is 10.6. The Labute approximate surface area is 207 Å². The van der Waals surface area contributed by atoms with Crippen molar-refractivity contribution in [2.24, 2.45) is 0 Å². The highest BCUT2D eigenvalue weighted by molar-refractivity contribution is 6.33. The van der Waals surface area contributed by atoms with Gasteiger partial charge in [0.25, 0.3) is 0 Å². The van der Waals surface area contributed by atoms with E-state index in [1.54, 1.807) is 23.1 Å². The standard InChI is InChI=1S/C23H17Cl2F3N6O/c24-14-5-7-15(8-6-14)34-19(16-3-1-2-4-17(16)25)31-18-20(29-13-30-21(18)34)32-9-11-33(12-10-32)22(35)23(26,27)28/h1-8,13H,9-12H2.